The Labute approximate surface area is 181 Å². The summed E-state index contributed by atoms with van der Waals surface area (Å²) in [6.45, 7) is 0.747. The van der Waals surface area contributed by atoms with Crippen LogP contribution in [-0.2, 0) is 21.2 Å². The number of fused-ring (bicyclic) bond motifs is 1. The van der Waals surface area contributed by atoms with Gasteiger partial charge in [0.1, 0.15) is 0 Å². The number of aryl methyl sites for hydroxylation is 1. The SMILES string of the molecule is O=C(CSc1ccc(NS(=O)(=O)c2ccccc2)cc1)N1CCCc2ccccc21. The molecule has 0 unspecified atom stereocenters. The molecule has 0 saturated carbocycles. The standard InChI is InChI=1S/C23H22N2O3S2/c26-23(25-16-6-8-18-7-4-5-11-22(18)25)17-29-20-14-12-19(13-15-20)24-30(27,28)21-9-2-1-3-10-21/h1-5,7,9-15,24H,6,8,16-17H2. The predicted molar refractivity (Wildman–Crippen MR) is 122 cm³/mol. The summed E-state index contributed by atoms with van der Waals surface area (Å²) in [6, 6.07) is 23.4. The molecule has 0 aromatic heterocycles. The average molecular weight is 439 g/mol. The van der Waals surface area contributed by atoms with Crippen LogP contribution in [0.5, 0.6) is 0 Å². The van der Waals surface area contributed by atoms with Gasteiger partial charge in [-0.1, -0.05) is 36.4 Å². The summed E-state index contributed by atoms with van der Waals surface area (Å²) in [5, 5.41) is 0. The average Bonchev–Trinajstić information content (AvgIpc) is 2.78. The molecule has 3 aromatic carbocycles. The van der Waals surface area contributed by atoms with Crippen molar-refractivity contribution in [1.82, 2.24) is 0 Å². The highest BCUT2D eigenvalue weighted by Crippen LogP contribution is 2.28. The third-order valence-corrected chi connectivity index (χ3v) is 7.33. The van der Waals surface area contributed by atoms with E-state index >= 15 is 0 Å². The first kappa shape index (κ1) is 20.5. The Morgan fingerprint density at radius 1 is 0.933 bits per heavy atom. The topological polar surface area (TPSA) is 66.5 Å². The highest BCUT2D eigenvalue weighted by atomic mass is 32.2. The number of carbonyl (C=O) groups is 1. The van der Waals surface area contributed by atoms with Crippen molar-refractivity contribution in [1.29, 1.82) is 0 Å². The first-order chi connectivity index (χ1) is 14.5. The number of nitrogens with zero attached hydrogens (tertiary/aromatic N) is 1. The van der Waals surface area contributed by atoms with Crippen LogP contribution >= 0.6 is 11.8 Å². The highest BCUT2D eigenvalue weighted by Gasteiger charge is 2.22. The van der Waals surface area contributed by atoms with Crippen LogP contribution in [0.25, 0.3) is 0 Å². The van der Waals surface area contributed by atoms with E-state index in [9.17, 15) is 13.2 Å². The van der Waals surface area contributed by atoms with E-state index in [4.69, 9.17) is 0 Å². The molecule has 1 amide bonds. The van der Waals surface area contributed by atoms with Gasteiger partial charge in [0.15, 0.2) is 0 Å². The minimum absolute atomic E-state index is 0.0843. The van der Waals surface area contributed by atoms with E-state index in [1.807, 2.05) is 35.2 Å². The van der Waals surface area contributed by atoms with E-state index in [2.05, 4.69) is 10.8 Å². The first-order valence-electron chi connectivity index (χ1n) is 9.72. The lowest BCUT2D eigenvalue weighted by molar-refractivity contribution is -0.116. The lowest BCUT2D eigenvalue weighted by Crippen LogP contribution is -2.36. The van der Waals surface area contributed by atoms with E-state index in [-0.39, 0.29) is 10.8 Å². The van der Waals surface area contributed by atoms with Gasteiger partial charge in [0, 0.05) is 22.8 Å². The monoisotopic (exact) mass is 438 g/mol. The van der Waals surface area contributed by atoms with Gasteiger partial charge in [-0.05, 0) is 60.9 Å². The molecule has 3 aromatic rings. The molecule has 7 heteroatoms. The van der Waals surface area contributed by atoms with Crippen LogP contribution < -0.4 is 9.62 Å². The van der Waals surface area contributed by atoms with Crippen molar-refractivity contribution in [2.24, 2.45) is 0 Å². The zero-order valence-electron chi connectivity index (χ0n) is 16.3. The number of thioether (sulfide) groups is 1. The Hall–Kier alpha value is -2.77. The molecular weight excluding hydrogens is 416 g/mol. The van der Waals surface area contributed by atoms with Crippen LogP contribution in [0.2, 0.25) is 0 Å². The largest absolute Gasteiger partial charge is 0.311 e. The Kier molecular flexibility index (Phi) is 6.11. The van der Waals surface area contributed by atoms with Gasteiger partial charge in [-0.25, -0.2) is 8.42 Å². The summed E-state index contributed by atoms with van der Waals surface area (Å²) < 4.78 is 27.4. The second-order valence-electron chi connectivity index (χ2n) is 7.01. The Morgan fingerprint density at radius 3 is 2.40 bits per heavy atom. The minimum atomic E-state index is -3.61. The lowest BCUT2D eigenvalue weighted by atomic mass is 10.0. The summed E-state index contributed by atoms with van der Waals surface area (Å²) >= 11 is 1.45. The zero-order chi connectivity index (χ0) is 21.0. The third kappa shape index (κ3) is 4.68. The first-order valence-corrected chi connectivity index (χ1v) is 12.2. The fourth-order valence-electron chi connectivity index (χ4n) is 3.45. The normalized spacial score (nSPS) is 13.5. The van der Waals surface area contributed by atoms with Crippen molar-refractivity contribution >= 4 is 39.1 Å². The van der Waals surface area contributed by atoms with Gasteiger partial charge in [0.25, 0.3) is 10.0 Å². The Bertz CT molecular complexity index is 1130. The number of hydrogen-bond donors (Lipinski definition) is 1. The van der Waals surface area contributed by atoms with Crippen molar-refractivity contribution in [3.8, 4) is 0 Å². The van der Waals surface area contributed by atoms with Crippen LogP contribution in [0.1, 0.15) is 12.0 Å². The molecule has 30 heavy (non-hydrogen) atoms. The van der Waals surface area contributed by atoms with Crippen molar-refractivity contribution in [2.75, 3.05) is 21.9 Å². The molecule has 0 atom stereocenters. The van der Waals surface area contributed by atoms with Gasteiger partial charge in [0.2, 0.25) is 5.91 Å². The molecule has 1 N–H and O–H groups in total. The van der Waals surface area contributed by atoms with Crippen LogP contribution in [0, 0.1) is 0 Å². The van der Waals surface area contributed by atoms with Gasteiger partial charge in [-0.3, -0.25) is 9.52 Å². The second-order valence-corrected chi connectivity index (χ2v) is 9.74. The van der Waals surface area contributed by atoms with E-state index in [0.717, 1.165) is 30.0 Å². The molecule has 1 aliphatic rings. The quantitative estimate of drug-likeness (QED) is 0.573. The van der Waals surface area contributed by atoms with E-state index in [0.29, 0.717) is 11.4 Å². The molecule has 0 bridgehead atoms. The summed E-state index contributed by atoms with van der Waals surface area (Å²) in [6.07, 6.45) is 1.98. The maximum atomic E-state index is 12.8. The number of rotatable bonds is 6. The number of anilines is 2. The van der Waals surface area contributed by atoms with Gasteiger partial charge in [-0.15, -0.1) is 11.8 Å². The molecule has 0 radical (unpaired) electrons. The molecule has 0 saturated heterocycles. The number of amides is 1. The second kappa shape index (κ2) is 8.93. The van der Waals surface area contributed by atoms with E-state index in [1.54, 1.807) is 42.5 Å². The number of benzene rings is 3. The summed E-state index contributed by atoms with van der Waals surface area (Å²) in [5.74, 6) is 0.421. The Morgan fingerprint density at radius 2 is 1.63 bits per heavy atom. The summed E-state index contributed by atoms with van der Waals surface area (Å²) in [4.78, 5) is 15.8. The van der Waals surface area contributed by atoms with Crippen molar-refractivity contribution < 1.29 is 13.2 Å². The molecule has 0 aliphatic carbocycles. The van der Waals surface area contributed by atoms with Crippen LogP contribution in [0.3, 0.4) is 0 Å². The van der Waals surface area contributed by atoms with Crippen LogP contribution in [-0.4, -0.2) is 26.6 Å². The zero-order valence-corrected chi connectivity index (χ0v) is 18.0. The maximum absolute atomic E-state index is 12.8. The smallest absolute Gasteiger partial charge is 0.261 e. The molecule has 0 spiro atoms. The third-order valence-electron chi connectivity index (χ3n) is 4.93. The van der Waals surface area contributed by atoms with Crippen molar-refractivity contribution in [3.63, 3.8) is 0 Å². The number of nitrogens with one attached hydrogen (secondary N) is 1. The maximum Gasteiger partial charge on any atom is 0.261 e. The van der Waals surface area contributed by atoms with Gasteiger partial charge < -0.3 is 4.90 Å². The molecular formula is C23H22N2O3S2. The fourth-order valence-corrected chi connectivity index (χ4v) is 5.30. The number of hydrogen-bond acceptors (Lipinski definition) is 4. The number of carbonyl (C=O) groups excluding carboxylic acids is 1. The fraction of sp³-hybridized carbons (Fsp3) is 0.174. The summed E-state index contributed by atoms with van der Waals surface area (Å²) in [5.41, 5.74) is 2.72. The number of sulfonamides is 1. The van der Waals surface area contributed by atoms with E-state index in [1.165, 1.54) is 17.3 Å². The van der Waals surface area contributed by atoms with Crippen molar-refractivity contribution in [2.45, 2.75) is 22.6 Å². The number of para-hydroxylation sites is 1. The van der Waals surface area contributed by atoms with Crippen LogP contribution in [0.4, 0.5) is 11.4 Å². The van der Waals surface area contributed by atoms with Crippen LogP contribution in [0.15, 0.2) is 88.7 Å². The molecule has 5 nitrogen and oxygen atoms in total. The molecule has 0 fully saturated rings. The summed E-state index contributed by atoms with van der Waals surface area (Å²) in [7, 11) is -3.61. The van der Waals surface area contributed by atoms with E-state index < -0.39 is 10.0 Å². The lowest BCUT2D eigenvalue weighted by Gasteiger charge is -2.29. The molecule has 1 heterocycles. The van der Waals surface area contributed by atoms with Gasteiger partial charge >= 0.3 is 0 Å². The predicted octanol–water partition coefficient (Wildman–Crippen LogP) is 4.56. The van der Waals surface area contributed by atoms with Gasteiger partial charge in [-0.2, -0.15) is 0 Å². The minimum Gasteiger partial charge on any atom is -0.311 e. The molecule has 1 aliphatic heterocycles. The van der Waals surface area contributed by atoms with Crippen molar-refractivity contribution in [3.05, 3.63) is 84.4 Å². The van der Waals surface area contributed by atoms with Gasteiger partial charge in [0.05, 0.1) is 10.6 Å². The molecule has 4 rings (SSSR count). The Balaban J connectivity index is 1.37. The highest BCUT2D eigenvalue weighted by molar-refractivity contribution is 8.00. The molecule has 154 valence electrons.